The van der Waals surface area contributed by atoms with Gasteiger partial charge in [-0.1, -0.05) is 42.5 Å². The van der Waals surface area contributed by atoms with E-state index >= 15 is 0 Å². The van der Waals surface area contributed by atoms with Crippen LogP contribution in [0.3, 0.4) is 0 Å². The fraction of sp³-hybridized carbons (Fsp3) is 0.318. The van der Waals surface area contributed by atoms with Gasteiger partial charge in [-0.25, -0.2) is 4.79 Å². The van der Waals surface area contributed by atoms with Crippen molar-refractivity contribution in [3.63, 3.8) is 0 Å². The number of benzene rings is 2. The summed E-state index contributed by atoms with van der Waals surface area (Å²) >= 11 is 0. The zero-order valence-corrected chi connectivity index (χ0v) is 16.8. The third kappa shape index (κ3) is 6.95. The van der Waals surface area contributed by atoms with Crippen molar-refractivity contribution in [1.82, 2.24) is 10.6 Å². The van der Waals surface area contributed by atoms with Gasteiger partial charge in [0.1, 0.15) is 17.8 Å². The van der Waals surface area contributed by atoms with Crippen LogP contribution in [0.15, 0.2) is 54.6 Å². The molecule has 29 heavy (non-hydrogen) atoms. The fourth-order valence-electron chi connectivity index (χ4n) is 2.95. The number of amides is 2. The number of ether oxygens (including phenoxy) is 2. The molecule has 2 atom stereocenters. The second-order valence-corrected chi connectivity index (χ2v) is 6.58. The number of nitrogens with one attached hydrogen (secondary N) is 2. The van der Waals surface area contributed by atoms with Crippen molar-refractivity contribution in [2.45, 2.75) is 31.8 Å². The van der Waals surface area contributed by atoms with Crippen molar-refractivity contribution in [3.05, 3.63) is 65.7 Å². The topological polar surface area (TPSA) is 93.7 Å². The molecule has 0 saturated carbocycles. The minimum atomic E-state index is -0.897. The molecular weight excluding hydrogens is 372 g/mol. The van der Waals surface area contributed by atoms with Gasteiger partial charge < -0.3 is 20.1 Å². The van der Waals surface area contributed by atoms with Gasteiger partial charge in [-0.05, 0) is 23.3 Å². The van der Waals surface area contributed by atoms with E-state index in [9.17, 15) is 14.4 Å². The molecule has 0 fully saturated rings. The van der Waals surface area contributed by atoms with E-state index in [-0.39, 0.29) is 12.3 Å². The molecule has 0 aromatic heterocycles. The Labute approximate surface area is 170 Å². The highest BCUT2D eigenvalue weighted by molar-refractivity contribution is 5.90. The molecule has 0 radical (unpaired) electrons. The normalized spacial score (nSPS) is 12.4. The zero-order chi connectivity index (χ0) is 21.2. The first-order valence-electron chi connectivity index (χ1n) is 9.25. The van der Waals surface area contributed by atoms with E-state index in [4.69, 9.17) is 9.47 Å². The molecule has 2 N–H and O–H groups in total. The molecule has 7 nitrogen and oxygen atoms in total. The van der Waals surface area contributed by atoms with Crippen LogP contribution < -0.4 is 15.4 Å². The molecule has 7 heteroatoms. The Bertz CT molecular complexity index is 838. The molecule has 0 bridgehead atoms. The fourth-order valence-corrected chi connectivity index (χ4v) is 2.95. The van der Waals surface area contributed by atoms with Crippen LogP contribution in [0, 0.1) is 0 Å². The molecule has 154 valence electrons. The molecule has 2 aromatic rings. The molecule has 0 aliphatic heterocycles. The van der Waals surface area contributed by atoms with Crippen LogP contribution in [0.5, 0.6) is 5.75 Å². The SMILES string of the molecule is COC(=O)[C@@H](Cc1cccc(OC)c1)NC(=O)[C@@H](Cc1ccccc1)NC(C)=O. The van der Waals surface area contributed by atoms with Crippen molar-refractivity contribution >= 4 is 17.8 Å². The number of hydrogen-bond acceptors (Lipinski definition) is 5. The van der Waals surface area contributed by atoms with Gasteiger partial charge in [0.2, 0.25) is 11.8 Å². The molecule has 2 amide bonds. The maximum Gasteiger partial charge on any atom is 0.328 e. The van der Waals surface area contributed by atoms with E-state index in [1.807, 2.05) is 36.4 Å². The summed E-state index contributed by atoms with van der Waals surface area (Å²) in [6.45, 7) is 1.35. The maximum atomic E-state index is 12.9. The lowest BCUT2D eigenvalue weighted by Crippen LogP contribution is -2.53. The quantitative estimate of drug-likeness (QED) is 0.627. The Kier molecular flexibility index (Phi) is 8.21. The van der Waals surface area contributed by atoms with Gasteiger partial charge in [-0.15, -0.1) is 0 Å². The molecular formula is C22H26N2O5. The third-order valence-electron chi connectivity index (χ3n) is 4.35. The third-order valence-corrected chi connectivity index (χ3v) is 4.35. The Hall–Kier alpha value is -3.35. The lowest BCUT2D eigenvalue weighted by atomic mass is 10.0. The summed E-state index contributed by atoms with van der Waals surface area (Å²) in [5, 5.41) is 5.36. The summed E-state index contributed by atoms with van der Waals surface area (Å²) in [7, 11) is 2.82. The van der Waals surface area contributed by atoms with E-state index in [0.29, 0.717) is 12.2 Å². The number of esters is 1. The van der Waals surface area contributed by atoms with Gasteiger partial charge in [0.05, 0.1) is 14.2 Å². The summed E-state index contributed by atoms with van der Waals surface area (Å²) < 4.78 is 10.1. The standard InChI is InChI=1S/C22H26N2O5/c1-15(25)23-19(13-16-8-5-4-6-9-16)21(26)24-20(22(27)29-3)14-17-10-7-11-18(12-17)28-2/h4-12,19-20H,13-14H2,1-3H3,(H,23,25)(H,24,26)/t19-,20-/m1/s1. The first kappa shape index (κ1) is 21.9. The van der Waals surface area contributed by atoms with Gasteiger partial charge in [-0.3, -0.25) is 9.59 Å². The molecule has 2 aromatic carbocycles. The van der Waals surface area contributed by atoms with E-state index in [0.717, 1.165) is 11.1 Å². The molecule has 0 unspecified atom stereocenters. The van der Waals surface area contributed by atoms with Crippen molar-refractivity contribution < 1.29 is 23.9 Å². The average molecular weight is 398 g/mol. The summed E-state index contributed by atoms with van der Waals surface area (Å²) in [5.41, 5.74) is 1.70. The number of carbonyl (C=O) groups excluding carboxylic acids is 3. The van der Waals surface area contributed by atoms with Crippen LogP contribution in [0.25, 0.3) is 0 Å². The van der Waals surface area contributed by atoms with Gasteiger partial charge in [0, 0.05) is 19.8 Å². The van der Waals surface area contributed by atoms with E-state index in [1.54, 1.807) is 25.3 Å². The minimum absolute atomic E-state index is 0.230. The average Bonchev–Trinajstić information content (AvgIpc) is 2.72. The highest BCUT2D eigenvalue weighted by Crippen LogP contribution is 2.15. The van der Waals surface area contributed by atoms with Gasteiger partial charge in [-0.2, -0.15) is 0 Å². The highest BCUT2D eigenvalue weighted by atomic mass is 16.5. The van der Waals surface area contributed by atoms with Gasteiger partial charge in [0.25, 0.3) is 0 Å². The number of rotatable bonds is 9. The second kappa shape index (κ2) is 10.8. The monoisotopic (exact) mass is 398 g/mol. The predicted molar refractivity (Wildman–Crippen MR) is 108 cm³/mol. The Balaban J connectivity index is 2.16. The van der Waals surface area contributed by atoms with Crippen molar-refractivity contribution in [1.29, 1.82) is 0 Å². The summed E-state index contributed by atoms with van der Waals surface area (Å²) in [6.07, 6.45) is 0.535. The van der Waals surface area contributed by atoms with Gasteiger partial charge >= 0.3 is 5.97 Å². The van der Waals surface area contributed by atoms with E-state index in [1.165, 1.54) is 14.0 Å². The van der Waals surface area contributed by atoms with E-state index < -0.39 is 24.0 Å². The number of carbonyl (C=O) groups is 3. The first-order valence-corrected chi connectivity index (χ1v) is 9.25. The smallest absolute Gasteiger partial charge is 0.328 e. The van der Waals surface area contributed by atoms with Crippen LogP contribution in [0.2, 0.25) is 0 Å². The van der Waals surface area contributed by atoms with E-state index in [2.05, 4.69) is 10.6 Å². The predicted octanol–water partition coefficient (Wildman–Crippen LogP) is 1.64. The van der Waals surface area contributed by atoms with Crippen molar-refractivity contribution in [2.75, 3.05) is 14.2 Å². The zero-order valence-electron chi connectivity index (χ0n) is 16.8. The minimum Gasteiger partial charge on any atom is -0.497 e. The number of hydrogen-bond donors (Lipinski definition) is 2. The lowest BCUT2D eigenvalue weighted by molar-refractivity contribution is -0.145. The summed E-state index contributed by atoms with van der Waals surface area (Å²) in [6, 6.07) is 14.8. The van der Waals surface area contributed by atoms with Crippen LogP contribution in [0.1, 0.15) is 18.1 Å². The Morgan fingerprint density at radius 1 is 0.862 bits per heavy atom. The van der Waals surface area contributed by atoms with Crippen LogP contribution in [0.4, 0.5) is 0 Å². The van der Waals surface area contributed by atoms with Crippen LogP contribution >= 0.6 is 0 Å². The van der Waals surface area contributed by atoms with Crippen LogP contribution in [-0.4, -0.2) is 44.1 Å². The van der Waals surface area contributed by atoms with Gasteiger partial charge in [0.15, 0.2) is 0 Å². The molecule has 2 rings (SSSR count). The van der Waals surface area contributed by atoms with Crippen LogP contribution in [-0.2, 0) is 32.0 Å². The maximum absolute atomic E-state index is 12.9. The Morgan fingerprint density at radius 3 is 2.14 bits per heavy atom. The van der Waals surface area contributed by atoms with Crippen molar-refractivity contribution in [2.24, 2.45) is 0 Å². The number of methoxy groups -OCH3 is 2. The largest absolute Gasteiger partial charge is 0.497 e. The lowest BCUT2D eigenvalue weighted by Gasteiger charge is -2.22. The molecule has 0 aliphatic carbocycles. The summed E-state index contributed by atoms with van der Waals surface area (Å²) in [4.78, 5) is 36.7. The Morgan fingerprint density at radius 2 is 1.52 bits per heavy atom. The molecule has 0 heterocycles. The van der Waals surface area contributed by atoms with Crippen molar-refractivity contribution in [3.8, 4) is 5.75 Å². The highest BCUT2D eigenvalue weighted by Gasteiger charge is 2.27. The first-order chi connectivity index (χ1) is 13.9. The summed E-state index contributed by atoms with van der Waals surface area (Å²) in [5.74, 6) is -0.703. The molecule has 0 saturated heterocycles. The molecule has 0 spiro atoms. The molecule has 0 aliphatic rings. The second-order valence-electron chi connectivity index (χ2n) is 6.58.